The van der Waals surface area contributed by atoms with Gasteiger partial charge in [0, 0.05) is 5.75 Å². The summed E-state index contributed by atoms with van der Waals surface area (Å²) in [5.41, 5.74) is 6.27. The van der Waals surface area contributed by atoms with E-state index >= 15 is 0 Å². The molecule has 0 bridgehead atoms. The number of carboxylic acid groups (broad SMARTS) is 1. The quantitative estimate of drug-likeness (QED) is 0.521. The Labute approximate surface area is 127 Å². The van der Waals surface area contributed by atoms with Crippen LogP contribution in [0.3, 0.4) is 0 Å². The van der Waals surface area contributed by atoms with Gasteiger partial charge in [-0.05, 0) is 17.1 Å². The average Bonchev–Trinajstić information content (AvgIpc) is 2.98. The lowest BCUT2D eigenvalue weighted by Crippen LogP contribution is -2.68. The van der Waals surface area contributed by atoms with E-state index in [4.69, 9.17) is 5.73 Å². The molecule has 110 valence electrons. The summed E-state index contributed by atoms with van der Waals surface area (Å²) in [6.45, 7) is 0. The predicted octanol–water partition coefficient (Wildman–Crippen LogP) is -0.00840. The van der Waals surface area contributed by atoms with E-state index < -0.39 is 12.0 Å². The highest BCUT2D eigenvalue weighted by Gasteiger charge is 2.51. The molecule has 1 saturated heterocycles. The van der Waals surface area contributed by atoms with Crippen LogP contribution in [0, 0.1) is 0 Å². The number of H-pyrrole nitrogens is 1. The number of carbonyl (C=O) groups is 2. The fraction of sp³-hybridized carbons (Fsp3) is 0.273. The smallest absolute Gasteiger partial charge is 0.352 e. The number of β-lactam (4-membered cyclic amide) rings is 1. The largest absolute Gasteiger partial charge is 0.477 e. The van der Waals surface area contributed by atoms with Crippen LogP contribution in [0.4, 0.5) is 0 Å². The highest BCUT2D eigenvalue weighted by Crippen LogP contribution is 2.39. The summed E-state index contributed by atoms with van der Waals surface area (Å²) in [7, 11) is 0. The molecule has 21 heavy (non-hydrogen) atoms. The Hall–Kier alpha value is -1.78. The second-order valence-corrected chi connectivity index (χ2v) is 6.33. The van der Waals surface area contributed by atoms with Crippen molar-refractivity contribution in [2.45, 2.75) is 16.6 Å². The van der Waals surface area contributed by atoms with E-state index in [-0.39, 0.29) is 17.0 Å². The van der Waals surface area contributed by atoms with Crippen molar-refractivity contribution in [3.63, 3.8) is 0 Å². The number of carbonyl (C=O) groups excluding carboxylic acids is 1. The van der Waals surface area contributed by atoms with Crippen molar-refractivity contribution in [2.75, 3.05) is 5.75 Å². The first-order valence-electron chi connectivity index (χ1n) is 5.95. The van der Waals surface area contributed by atoms with Crippen LogP contribution in [-0.2, 0) is 9.59 Å². The summed E-state index contributed by atoms with van der Waals surface area (Å²) in [4.78, 5) is 28.4. The standard InChI is InChI=1S/C11H11N5O3S2/c12-6-8(17)16-7(10(18)19)5(3-21-9(6)16)1-2-20-11-13-4-14-15-11/h1-2,4,6,9H,3,12H2,(H,18,19)(H,13,14,15)/t6-,9-/m1/s1. The van der Waals surface area contributed by atoms with Crippen molar-refractivity contribution in [3.8, 4) is 0 Å². The molecule has 1 aromatic rings. The fourth-order valence-electron chi connectivity index (χ4n) is 2.10. The minimum absolute atomic E-state index is 0.0138. The normalized spacial score (nSPS) is 25.2. The number of rotatable bonds is 4. The first-order valence-corrected chi connectivity index (χ1v) is 7.87. The molecule has 4 N–H and O–H groups in total. The van der Waals surface area contributed by atoms with Gasteiger partial charge in [0.15, 0.2) is 5.16 Å². The number of nitrogens with one attached hydrogen (secondary N) is 1. The van der Waals surface area contributed by atoms with Gasteiger partial charge >= 0.3 is 5.97 Å². The number of hydrogen-bond donors (Lipinski definition) is 3. The fourth-order valence-corrected chi connectivity index (χ4v) is 3.94. The van der Waals surface area contributed by atoms with Gasteiger partial charge in [0.2, 0.25) is 5.91 Å². The number of nitrogens with zero attached hydrogens (tertiary/aromatic N) is 3. The Bertz CT molecular complexity index is 642. The Morgan fingerprint density at radius 1 is 1.67 bits per heavy atom. The van der Waals surface area contributed by atoms with Gasteiger partial charge < -0.3 is 10.8 Å². The van der Waals surface area contributed by atoms with Gasteiger partial charge in [0.1, 0.15) is 23.4 Å². The van der Waals surface area contributed by atoms with Crippen LogP contribution >= 0.6 is 23.5 Å². The maximum atomic E-state index is 11.8. The molecular weight excluding hydrogens is 314 g/mol. The summed E-state index contributed by atoms with van der Waals surface area (Å²) in [5, 5.41) is 17.8. The topological polar surface area (TPSA) is 125 Å². The van der Waals surface area contributed by atoms with Crippen molar-refractivity contribution >= 4 is 35.4 Å². The van der Waals surface area contributed by atoms with Crippen LogP contribution in [0.15, 0.2) is 34.2 Å². The van der Waals surface area contributed by atoms with E-state index in [1.165, 1.54) is 34.8 Å². The second kappa shape index (κ2) is 5.54. The minimum Gasteiger partial charge on any atom is -0.477 e. The summed E-state index contributed by atoms with van der Waals surface area (Å²) >= 11 is 2.75. The molecule has 0 spiro atoms. The maximum absolute atomic E-state index is 11.8. The lowest BCUT2D eigenvalue weighted by Gasteiger charge is -2.47. The maximum Gasteiger partial charge on any atom is 0.352 e. The van der Waals surface area contributed by atoms with Crippen molar-refractivity contribution in [3.05, 3.63) is 29.1 Å². The van der Waals surface area contributed by atoms with Crippen LogP contribution in [0.2, 0.25) is 0 Å². The molecule has 8 nitrogen and oxygen atoms in total. The zero-order valence-electron chi connectivity index (χ0n) is 10.6. The summed E-state index contributed by atoms with van der Waals surface area (Å²) in [6, 6.07) is -0.613. The van der Waals surface area contributed by atoms with E-state index in [1.54, 1.807) is 11.5 Å². The zero-order chi connectivity index (χ0) is 15.0. The van der Waals surface area contributed by atoms with Crippen molar-refractivity contribution in [2.24, 2.45) is 5.73 Å². The Kier molecular flexibility index (Phi) is 3.74. The van der Waals surface area contributed by atoms with Crippen molar-refractivity contribution in [1.29, 1.82) is 0 Å². The first kappa shape index (κ1) is 14.2. The van der Waals surface area contributed by atoms with Crippen molar-refractivity contribution in [1.82, 2.24) is 20.1 Å². The van der Waals surface area contributed by atoms with Gasteiger partial charge in [-0.3, -0.25) is 14.8 Å². The molecule has 3 heterocycles. The lowest BCUT2D eigenvalue weighted by atomic mass is 10.0. The number of aromatic amines is 1. The third-order valence-electron chi connectivity index (χ3n) is 3.08. The van der Waals surface area contributed by atoms with Crippen LogP contribution in [-0.4, -0.2) is 54.2 Å². The molecule has 2 atom stereocenters. The molecule has 0 saturated carbocycles. The van der Waals surface area contributed by atoms with E-state index in [1.807, 2.05) is 0 Å². The van der Waals surface area contributed by atoms with Gasteiger partial charge in [0.25, 0.3) is 0 Å². The Balaban J connectivity index is 1.82. The molecule has 1 fully saturated rings. The number of fused-ring (bicyclic) bond motifs is 1. The molecule has 3 rings (SSSR count). The lowest BCUT2D eigenvalue weighted by molar-refractivity contribution is -0.147. The molecule has 2 aliphatic heterocycles. The Morgan fingerprint density at radius 3 is 3.14 bits per heavy atom. The molecule has 2 aliphatic rings. The predicted molar refractivity (Wildman–Crippen MR) is 77.1 cm³/mol. The number of nitrogens with two attached hydrogens (primary N) is 1. The van der Waals surface area contributed by atoms with E-state index in [9.17, 15) is 14.7 Å². The zero-order valence-corrected chi connectivity index (χ0v) is 12.2. The molecule has 0 unspecified atom stereocenters. The highest BCUT2D eigenvalue weighted by molar-refractivity contribution is 8.02. The van der Waals surface area contributed by atoms with E-state index in [2.05, 4.69) is 15.2 Å². The van der Waals surface area contributed by atoms with Gasteiger partial charge in [-0.1, -0.05) is 11.8 Å². The first-order chi connectivity index (χ1) is 10.1. The molecule has 1 amide bonds. The molecule has 0 aliphatic carbocycles. The van der Waals surface area contributed by atoms with Gasteiger partial charge in [-0.25, -0.2) is 9.78 Å². The van der Waals surface area contributed by atoms with Crippen LogP contribution < -0.4 is 5.73 Å². The Morgan fingerprint density at radius 2 is 2.48 bits per heavy atom. The number of allylic oxidation sites excluding steroid dienone is 1. The summed E-state index contributed by atoms with van der Waals surface area (Å²) < 4.78 is 0. The number of aromatic nitrogens is 3. The monoisotopic (exact) mass is 325 g/mol. The third-order valence-corrected chi connectivity index (χ3v) is 5.10. The highest BCUT2D eigenvalue weighted by atomic mass is 32.2. The number of amides is 1. The number of thioether (sulfide) groups is 2. The minimum atomic E-state index is -1.12. The van der Waals surface area contributed by atoms with Crippen LogP contribution in [0.5, 0.6) is 0 Å². The van der Waals surface area contributed by atoms with Crippen molar-refractivity contribution < 1.29 is 14.7 Å². The SMILES string of the molecule is N[C@@H]1C(=O)N2C(C(=O)O)=C(C=CSc3ncn[nH]3)CS[C@H]12. The molecule has 10 heteroatoms. The van der Waals surface area contributed by atoms with Gasteiger partial charge in [-0.15, -0.1) is 11.8 Å². The van der Waals surface area contributed by atoms with Gasteiger partial charge in [-0.2, -0.15) is 5.10 Å². The number of aliphatic carboxylic acids is 1. The van der Waals surface area contributed by atoms with E-state index in [0.29, 0.717) is 16.5 Å². The molecule has 0 radical (unpaired) electrons. The summed E-state index contributed by atoms with van der Waals surface area (Å²) in [5.74, 6) is -0.972. The molecular formula is C11H11N5O3S2. The van der Waals surface area contributed by atoms with Crippen LogP contribution in [0.25, 0.3) is 0 Å². The number of hydrogen-bond acceptors (Lipinski definition) is 7. The molecule has 0 aromatic carbocycles. The van der Waals surface area contributed by atoms with Gasteiger partial charge in [0.05, 0.1) is 0 Å². The third kappa shape index (κ3) is 2.45. The van der Waals surface area contributed by atoms with E-state index in [0.717, 1.165) is 0 Å². The molecule has 1 aromatic heterocycles. The summed E-state index contributed by atoms with van der Waals surface area (Å²) in [6.07, 6.45) is 3.07. The average molecular weight is 325 g/mol. The number of carboxylic acids is 1. The van der Waals surface area contributed by atoms with Crippen LogP contribution in [0.1, 0.15) is 0 Å². The second-order valence-electron chi connectivity index (χ2n) is 4.33.